The molecule has 34 heavy (non-hydrogen) atoms. The largest absolute Gasteiger partial charge is 0.459 e. The third-order valence-corrected chi connectivity index (χ3v) is 6.18. The fourth-order valence-corrected chi connectivity index (χ4v) is 4.20. The van der Waals surface area contributed by atoms with Crippen molar-refractivity contribution in [3.63, 3.8) is 0 Å². The maximum absolute atomic E-state index is 12.8. The molecule has 0 bridgehead atoms. The molecule has 0 amide bonds. The van der Waals surface area contributed by atoms with Gasteiger partial charge in [-0.2, -0.15) is 0 Å². The Hall–Kier alpha value is -3.44. The molecular formula is C29H30O5. The Morgan fingerprint density at radius 3 is 1.94 bits per heavy atom. The van der Waals surface area contributed by atoms with Crippen LogP contribution in [0.4, 0.5) is 0 Å². The molecule has 1 aliphatic heterocycles. The predicted octanol–water partition coefficient (Wildman–Crippen LogP) is 5.83. The van der Waals surface area contributed by atoms with E-state index >= 15 is 0 Å². The monoisotopic (exact) mass is 458 g/mol. The number of carbonyl (C=O) groups excluding carboxylic acids is 2. The number of esters is 2. The Morgan fingerprint density at radius 2 is 1.35 bits per heavy atom. The van der Waals surface area contributed by atoms with Crippen molar-refractivity contribution < 1.29 is 23.8 Å². The lowest BCUT2D eigenvalue weighted by molar-refractivity contribution is -0.0428. The Bertz CT molecular complexity index is 1160. The number of hydrogen-bond donors (Lipinski definition) is 0. The summed E-state index contributed by atoms with van der Waals surface area (Å²) in [5, 5.41) is 0. The Balaban J connectivity index is 1.50. The molecule has 176 valence electrons. The minimum absolute atomic E-state index is 0.0000365. The second-order valence-electron chi connectivity index (χ2n) is 9.03. The van der Waals surface area contributed by atoms with Crippen LogP contribution in [-0.4, -0.2) is 30.8 Å². The lowest BCUT2D eigenvalue weighted by Crippen LogP contribution is -2.32. The molecule has 3 aromatic carbocycles. The molecule has 0 radical (unpaired) electrons. The van der Waals surface area contributed by atoms with Gasteiger partial charge in [-0.1, -0.05) is 59.2 Å². The van der Waals surface area contributed by atoms with Crippen LogP contribution in [0.2, 0.25) is 0 Å². The molecule has 1 heterocycles. The molecule has 5 heteroatoms. The van der Waals surface area contributed by atoms with Gasteiger partial charge in [0.25, 0.3) is 0 Å². The predicted molar refractivity (Wildman–Crippen MR) is 130 cm³/mol. The van der Waals surface area contributed by atoms with E-state index in [9.17, 15) is 9.59 Å². The van der Waals surface area contributed by atoms with E-state index in [4.69, 9.17) is 14.2 Å². The first-order chi connectivity index (χ1) is 16.3. The van der Waals surface area contributed by atoms with E-state index in [-0.39, 0.29) is 12.7 Å². The van der Waals surface area contributed by atoms with Crippen LogP contribution in [0.5, 0.6) is 0 Å². The second kappa shape index (κ2) is 10.2. The zero-order chi connectivity index (χ0) is 24.2. The van der Waals surface area contributed by atoms with Crippen LogP contribution in [-0.2, 0) is 14.2 Å². The highest BCUT2D eigenvalue weighted by Crippen LogP contribution is 2.37. The first kappa shape index (κ1) is 23.7. The topological polar surface area (TPSA) is 61.8 Å². The number of hydrogen-bond acceptors (Lipinski definition) is 5. The number of rotatable bonds is 6. The normalized spacial score (nSPS) is 19.6. The van der Waals surface area contributed by atoms with Crippen molar-refractivity contribution in [3.05, 3.63) is 106 Å². The SMILES string of the molecule is Cc1ccc(C(=O)OC[C@H]2O[C@@H](c3ccc(C)cc3C)C[C@@H]2OC(=O)c2ccc(C)cc2)cc1. The van der Waals surface area contributed by atoms with Crippen molar-refractivity contribution in [3.8, 4) is 0 Å². The van der Waals surface area contributed by atoms with Gasteiger partial charge in [-0.3, -0.25) is 0 Å². The summed E-state index contributed by atoms with van der Waals surface area (Å²) in [6, 6.07) is 20.7. The molecule has 4 rings (SSSR count). The third kappa shape index (κ3) is 5.54. The molecule has 0 unspecified atom stereocenters. The van der Waals surface area contributed by atoms with Crippen molar-refractivity contribution in [2.75, 3.05) is 6.61 Å². The van der Waals surface area contributed by atoms with Gasteiger partial charge in [-0.25, -0.2) is 9.59 Å². The number of aryl methyl sites for hydroxylation is 4. The van der Waals surface area contributed by atoms with Gasteiger partial charge in [0.2, 0.25) is 0 Å². The lowest BCUT2D eigenvalue weighted by Gasteiger charge is -2.19. The summed E-state index contributed by atoms with van der Waals surface area (Å²) in [7, 11) is 0. The minimum atomic E-state index is -0.561. The quantitative estimate of drug-likeness (QED) is 0.435. The molecule has 3 atom stereocenters. The highest BCUT2D eigenvalue weighted by Gasteiger charge is 2.40. The first-order valence-electron chi connectivity index (χ1n) is 11.5. The summed E-state index contributed by atoms with van der Waals surface area (Å²) in [5.74, 6) is -0.841. The Morgan fingerprint density at radius 1 is 0.794 bits per heavy atom. The van der Waals surface area contributed by atoms with E-state index in [0.717, 1.165) is 22.3 Å². The van der Waals surface area contributed by atoms with Crippen molar-refractivity contribution in [2.24, 2.45) is 0 Å². The molecule has 0 aromatic heterocycles. The van der Waals surface area contributed by atoms with Crippen LogP contribution in [0.3, 0.4) is 0 Å². The van der Waals surface area contributed by atoms with Crippen molar-refractivity contribution >= 4 is 11.9 Å². The van der Waals surface area contributed by atoms with Crippen LogP contribution in [0, 0.1) is 27.7 Å². The molecule has 0 N–H and O–H groups in total. The molecule has 5 nitrogen and oxygen atoms in total. The third-order valence-electron chi connectivity index (χ3n) is 6.18. The summed E-state index contributed by atoms with van der Waals surface area (Å²) in [4.78, 5) is 25.4. The average Bonchev–Trinajstić information content (AvgIpc) is 3.20. The summed E-state index contributed by atoms with van der Waals surface area (Å²) in [6.07, 6.45) is -0.854. The average molecular weight is 459 g/mol. The first-order valence-corrected chi connectivity index (χ1v) is 11.5. The highest BCUT2D eigenvalue weighted by atomic mass is 16.6. The lowest BCUT2D eigenvalue weighted by atomic mass is 9.98. The molecule has 0 spiro atoms. The minimum Gasteiger partial charge on any atom is -0.459 e. The van der Waals surface area contributed by atoms with Crippen LogP contribution in [0.15, 0.2) is 66.7 Å². The van der Waals surface area contributed by atoms with Gasteiger partial charge in [0.1, 0.15) is 18.8 Å². The molecular weight excluding hydrogens is 428 g/mol. The fourth-order valence-electron chi connectivity index (χ4n) is 4.20. The standard InChI is InChI=1S/C29H30O5/c1-18-5-10-22(11-6-18)28(30)32-17-27-26(34-29(31)23-12-7-19(2)8-13-23)16-25(33-27)24-14-9-20(3)15-21(24)4/h5-15,25-27H,16-17H2,1-4H3/t25-,26+,27-/m1/s1. The van der Waals surface area contributed by atoms with E-state index in [1.54, 1.807) is 24.3 Å². The van der Waals surface area contributed by atoms with Gasteiger partial charge in [-0.15, -0.1) is 0 Å². The summed E-state index contributed by atoms with van der Waals surface area (Å²) < 4.78 is 17.7. The summed E-state index contributed by atoms with van der Waals surface area (Å²) in [5.41, 5.74) is 6.43. The molecule has 1 aliphatic rings. The van der Waals surface area contributed by atoms with Crippen LogP contribution >= 0.6 is 0 Å². The number of benzene rings is 3. The maximum Gasteiger partial charge on any atom is 0.338 e. The Labute approximate surface area is 200 Å². The van der Waals surface area contributed by atoms with E-state index in [1.165, 1.54) is 5.56 Å². The van der Waals surface area contributed by atoms with Crippen LogP contribution in [0.25, 0.3) is 0 Å². The zero-order valence-electron chi connectivity index (χ0n) is 20.0. The molecule has 3 aromatic rings. The van der Waals surface area contributed by atoms with Gasteiger partial charge < -0.3 is 14.2 Å². The molecule has 1 saturated heterocycles. The van der Waals surface area contributed by atoms with Gasteiger partial charge in [0.05, 0.1) is 17.2 Å². The van der Waals surface area contributed by atoms with Crippen molar-refractivity contribution in [1.82, 2.24) is 0 Å². The van der Waals surface area contributed by atoms with E-state index in [0.29, 0.717) is 17.5 Å². The van der Waals surface area contributed by atoms with Gasteiger partial charge in [-0.05, 0) is 63.1 Å². The molecule has 0 saturated carbocycles. The van der Waals surface area contributed by atoms with Gasteiger partial charge in [0, 0.05) is 6.42 Å². The zero-order valence-corrected chi connectivity index (χ0v) is 20.0. The Kier molecular flexibility index (Phi) is 7.13. The van der Waals surface area contributed by atoms with E-state index in [1.807, 2.05) is 58.0 Å². The summed E-state index contributed by atoms with van der Waals surface area (Å²) >= 11 is 0. The highest BCUT2D eigenvalue weighted by molar-refractivity contribution is 5.90. The molecule has 1 fully saturated rings. The van der Waals surface area contributed by atoms with E-state index in [2.05, 4.69) is 12.1 Å². The smallest absolute Gasteiger partial charge is 0.338 e. The molecule has 0 aliphatic carbocycles. The van der Waals surface area contributed by atoms with Crippen molar-refractivity contribution in [2.45, 2.75) is 52.4 Å². The second-order valence-corrected chi connectivity index (χ2v) is 9.03. The van der Waals surface area contributed by atoms with Crippen molar-refractivity contribution in [1.29, 1.82) is 0 Å². The summed E-state index contributed by atoms with van der Waals surface area (Å²) in [6.45, 7) is 8.02. The van der Waals surface area contributed by atoms with Gasteiger partial charge in [0.15, 0.2) is 0 Å². The van der Waals surface area contributed by atoms with E-state index < -0.39 is 24.1 Å². The number of ether oxygens (including phenoxy) is 3. The maximum atomic E-state index is 12.8. The van der Waals surface area contributed by atoms with Gasteiger partial charge >= 0.3 is 11.9 Å². The van der Waals surface area contributed by atoms with Crippen LogP contribution in [0.1, 0.15) is 61.1 Å². The fraction of sp³-hybridized carbons (Fsp3) is 0.310. The van der Waals surface area contributed by atoms with Crippen LogP contribution < -0.4 is 0 Å². The number of carbonyl (C=O) groups is 2.